The maximum absolute atomic E-state index is 11.0. The maximum atomic E-state index is 11.0. The first kappa shape index (κ1) is 7.40. The van der Waals surface area contributed by atoms with Crippen LogP contribution in [0.1, 0.15) is 23.5 Å². The summed E-state index contributed by atoms with van der Waals surface area (Å²) in [5.74, 6) is 0. The molecule has 0 saturated carbocycles. The third-order valence-electron chi connectivity index (χ3n) is 0.698. The summed E-state index contributed by atoms with van der Waals surface area (Å²) < 4.78 is 19.0. The summed E-state index contributed by atoms with van der Waals surface area (Å²) in [5.41, 5.74) is -0.552. The summed E-state index contributed by atoms with van der Waals surface area (Å²) in [7, 11) is 0. The van der Waals surface area contributed by atoms with Gasteiger partial charge in [0.15, 0.2) is 0 Å². The lowest BCUT2D eigenvalue weighted by Crippen LogP contribution is -2.33. The predicted molar refractivity (Wildman–Crippen MR) is 48.0 cm³/mol. The van der Waals surface area contributed by atoms with Crippen LogP contribution in [-0.2, 0) is 4.74 Å². The minimum Gasteiger partial charge on any atom is -0.444 e. The Morgan fingerprint density at radius 3 is 2.64 bits per heavy atom. The van der Waals surface area contributed by atoms with Gasteiger partial charge in [0.1, 0.15) is 5.60 Å². The zero-order chi connectivity index (χ0) is 10.7. The average Bonchev–Trinajstić information content (AvgIpc) is 1.78. The number of hydrogen-bond acceptors (Lipinski definition) is 2. The summed E-state index contributed by atoms with van der Waals surface area (Å²) in [5, 5.41) is 0.703. The van der Waals surface area contributed by atoms with Crippen molar-refractivity contribution < 1.29 is 12.3 Å². The van der Waals surface area contributed by atoms with Crippen molar-refractivity contribution in [2.45, 2.75) is 26.4 Å². The van der Waals surface area contributed by atoms with Crippen LogP contribution in [0.15, 0.2) is 0 Å². The van der Waals surface area contributed by atoms with E-state index in [4.69, 9.17) is 7.48 Å². The Morgan fingerprint density at radius 1 is 1.73 bits per heavy atom. The Kier molecular flexibility index (Phi) is 3.09. The lowest BCUT2D eigenvalue weighted by molar-refractivity contribution is 0.0531. The summed E-state index contributed by atoms with van der Waals surface area (Å²) in [6.45, 7) is 5.11. The van der Waals surface area contributed by atoms with Gasteiger partial charge in [-0.05, 0) is 20.8 Å². The molecule has 0 aliphatic rings. The molecular weight excluding hydrogens is 210 g/mol. The van der Waals surface area contributed by atoms with Crippen molar-refractivity contribution in [3.8, 4) is 0 Å². The highest BCUT2D eigenvalue weighted by molar-refractivity contribution is 9.09. The Morgan fingerprint density at radius 2 is 2.27 bits per heavy atom. The fraction of sp³-hybridized carbons (Fsp3) is 0.857. The van der Waals surface area contributed by atoms with Gasteiger partial charge in [-0.1, -0.05) is 15.9 Å². The molecule has 0 rings (SSSR count). The van der Waals surface area contributed by atoms with Gasteiger partial charge >= 0.3 is 6.09 Å². The van der Waals surface area contributed by atoms with Crippen molar-refractivity contribution in [2.24, 2.45) is 0 Å². The number of alkyl carbamates (subject to hydrolysis) is 1. The average molecular weight is 226 g/mol. The number of rotatable bonds is 2. The standard InChI is InChI=1S/C7H14BrNO2/c1-7(2,3)11-6(10)9-5-4-8/h4-5H2,1-3H3,(H,9,10)/i4D2. The van der Waals surface area contributed by atoms with E-state index in [9.17, 15) is 4.79 Å². The minimum absolute atomic E-state index is 0.123. The number of nitrogens with one attached hydrogen (secondary N) is 1. The van der Waals surface area contributed by atoms with Gasteiger partial charge in [-0.15, -0.1) is 0 Å². The number of carbonyl (C=O) groups is 1. The van der Waals surface area contributed by atoms with E-state index in [0.717, 1.165) is 0 Å². The van der Waals surface area contributed by atoms with E-state index in [2.05, 4.69) is 21.2 Å². The van der Waals surface area contributed by atoms with Crippen LogP contribution in [0.3, 0.4) is 0 Å². The molecule has 1 amide bonds. The molecule has 0 aromatic rings. The number of amides is 1. The van der Waals surface area contributed by atoms with Crippen molar-refractivity contribution >= 4 is 22.0 Å². The molecule has 0 radical (unpaired) electrons. The molecule has 4 heteroatoms. The van der Waals surface area contributed by atoms with Crippen molar-refractivity contribution in [3.63, 3.8) is 0 Å². The van der Waals surface area contributed by atoms with Crippen LogP contribution in [0.25, 0.3) is 0 Å². The van der Waals surface area contributed by atoms with Gasteiger partial charge in [-0.2, -0.15) is 0 Å². The van der Waals surface area contributed by atoms with Crippen LogP contribution >= 0.6 is 15.9 Å². The third kappa shape index (κ3) is 7.65. The second-order valence-corrected chi connectivity index (χ2v) is 3.55. The first-order valence-corrected chi connectivity index (χ1v) is 4.05. The highest BCUT2D eigenvalue weighted by Crippen LogP contribution is 2.05. The molecule has 0 unspecified atom stereocenters. The van der Waals surface area contributed by atoms with Crippen molar-refractivity contribution in [2.75, 3.05) is 11.8 Å². The lowest BCUT2D eigenvalue weighted by atomic mass is 10.2. The zero-order valence-corrected chi connectivity index (χ0v) is 8.49. The van der Waals surface area contributed by atoms with E-state index >= 15 is 0 Å². The van der Waals surface area contributed by atoms with E-state index in [1.54, 1.807) is 20.8 Å². The number of ether oxygens (including phenoxy) is 1. The number of halogens is 1. The van der Waals surface area contributed by atoms with Crippen molar-refractivity contribution in [3.05, 3.63) is 0 Å². The Labute approximate surface area is 78.4 Å². The molecule has 11 heavy (non-hydrogen) atoms. The fourth-order valence-electron chi connectivity index (χ4n) is 0.420. The summed E-state index contributed by atoms with van der Waals surface area (Å²) >= 11 is 2.75. The van der Waals surface area contributed by atoms with Crippen LogP contribution in [-0.4, -0.2) is 23.5 Å². The molecule has 0 spiro atoms. The smallest absolute Gasteiger partial charge is 0.407 e. The quantitative estimate of drug-likeness (QED) is 0.730. The van der Waals surface area contributed by atoms with Crippen LogP contribution in [0.5, 0.6) is 0 Å². The van der Waals surface area contributed by atoms with Gasteiger partial charge in [0.05, 0.1) is 0 Å². The van der Waals surface area contributed by atoms with E-state index in [1.807, 2.05) is 0 Å². The van der Waals surface area contributed by atoms with Crippen LogP contribution in [0, 0.1) is 0 Å². The van der Waals surface area contributed by atoms with Crippen LogP contribution < -0.4 is 5.32 Å². The molecule has 0 atom stereocenters. The largest absolute Gasteiger partial charge is 0.444 e. The molecule has 0 aromatic carbocycles. The molecule has 0 aliphatic heterocycles. The monoisotopic (exact) mass is 225 g/mol. The summed E-state index contributed by atoms with van der Waals surface area (Å²) in [6.07, 6.45) is -0.615. The summed E-state index contributed by atoms with van der Waals surface area (Å²) in [6, 6.07) is 0. The van der Waals surface area contributed by atoms with E-state index in [-0.39, 0.29) is 6.54 Å². The molecule has 3 nitrogen and oxygen atoms in total. The first-order chi connectivity index (χ1) is 5.60. The molecule has 66 valence electrons. The first-order valence-electron chi connectivity index (χ1n) is 4.26. The SMILES string of the molecule is [2H]C([2H])(Br)CNC(=O)OC(C)(C)C. The number of hydrogen-bond donors (Lipinski definition) is 1. The normalized spacial score (nSPS) is 14.9. The van der Waals surface area contributed by atoms with Gasteiger partial charge in [0.2, 0.25) is 0 Å². The number of alkyl halides is 1. The molecule has 0 bridgehead atoms. The number of carbonyl (C=O) groups excluding carboxylic acids is 1. The van der Waals surface area contributed by atoms with E-state index in [1.165, 1.54) is 0 Å². The van der Waals surface area contributed by atoms with Gasteiger partial charge in [-0.3, -0.25) is 0 Å². The Hall–Kier alpha value is -0.250. The minimum atomic E-state index is -1.59. The van der Waals surface area contributed by atoms with E-state index < -0.39 is 17.0 Å². The van der Waals surface area contributed by atoms with Crippen LogP contribution in [0.2, 0.25) is 0 Å². The Bertz CT molecular complexity index is 186. The molecule has 0 saturated heterocycles. The Balaban J connectivity index is 3.78. The summed E-state index contributed by atoms with van der Waals surface area (Å²) in [4.78, 5) is 11.0. The second-order valence-electron chi connectivity index (χ2n) is 2.99. The topological polar surface area (TPSA) is 38.3 Å². The zero-order valence-electron chi connectivity index (χ0n) is 8.90. The molecular formula is C7H14BrNO2. The maximum Gasteiger partial charge on any atom is 0.407 e. The van der Waals surface area contributed by atoms with Crippen LogP contribution in [0.4, 0.5) is 4.79 Å². The molecule has 1 N–H and O–H groups in total. The molecule has 0 aliphatic carbocycles. The lowest BCUT2D eigenvalue weighted by Gasteiger charge is -2.19. The predicted octanol–water partition coefficient (Wildman–Crippen LogP) is 1.91. The molecule has 0 aromatic heterocycles. The van der Waals surface area contributed by atoms with Crippen molar-refractivity contribution in [1.29, 1.82) is 0 Å². The van der Waals surface area contributed by atoms with Gasteiger partial charge in [0.25, 0.3) is 0 Å². The molecule has 0 fully saturated rings. The third-order valence-corrected chi connectivity index (χ3v) is 0.979. The fourth-order valence-corrected chi connectivity index (χ4v) is 0.560. The molecule has 0 heterocycles. The van der Waals surface area contributed by atoms with Gasteiger partial charge in [0, 0.05) is 14.6 Å². The van der Waals surface area contributed by atoms with Crippen molar-refractivity contribution in [1.82, 2.24) is 5.32 Å². The highest BCUT2D eigenvalue weighted by atomic mass is 79.9. The van der Waals surface area contributed by atoms with E-state index in [0.29, 0.717) is 0 Å². The van der Waals surface area contributed by atoms with Gasteiger partial charge < -0.3 is 10.1 Å². The second kappa shape index (κ2) is 4.59. The highest BCUT2D eigenvalue weighted by Gasteiger charge is 2.14. The van der Waals surface area contributed by atoms with Gasteiger partial charge in [-0.25, -0.2) is 4.79 Å².